The second kappa shape index (κ2) is 6.35. The second-order valence-electron chi connectivity index (χ2n) is 4.41. The zero-order chi connectivity index (χ0) is 15.4. The van der Waals surface area contributed by atoms with Gasteiger partial charge in [0, 0.05) is 6.07 Å². The molecule has 3 rings (SSSR count). The first-order chi connectivity index (χ1) is 10.8. The number of nitrogens with zero attached hydrogens (tertiary/aromatic N) is 4. The number of aromatic nitrogens is 4. The van der Waals surface area contributed by atoms with Gasteiger partial charge in [-0.25, -0.2) is 9.97 Å². The molecule has 0 saturated heterocycles. The lowest BCUT2D eigenvalue weighted by Gasteiger charge is -2.17. The van der Waals surface area contributed by atoms with E-state index in [0.717, 1.165) is 10.6 Å². The Morgan fingerprint density at radius 3 is 2.68 bits per heavy atom. The molecule has 0 aliphatic rings. The van der Waals surface area contributed by atoms with Crippen molar-refractivity contribution in [3.8, 4) is 5.88 Å². The quantitative estimate of drug-likeness (QED) is 0.744. The molecule has 0 radical (unpaired) electrons. The van der Waals surface area contributed by atoms with E-state index in [-0.39, 0.29) is 6.04 Å². The lowest BCUT2D eigenvalue weighted by atomic mass is 10.1. The molecule has 0 amide bonds. The minimum absolute atomic E-state index is 0.199. The molecule has 8 heteroatoms. The molecule has 0 aliphatic carbocycles. The molecular formula is C14H14N6OS. The van der Waals surface area contributed by atoms with Gasteiger partial charge in [-0.2, -0.15) is 0 Å². The van der Waals surface area contributed by atoms with Crippen LogP contribution in [0.5, 0.6) is 5.88 Å². The number of rotatable bonds is 5. The average Bonchev–Trinajstić information content (AvgIpc) is 3.00. The lowest BCUT2D eigenvalue weighted by molar-refractivity contribution is 0.397. The first kappa shape index (κ1) is 14.2. The molecule has 22 heavy (non-hydrogen) atoms. The fourth-order valence-corrected chi connectivity index (χ4v) is 2.66. The largest absolute Gasteiger partial charge is 0.481 e. The number of ether oxygens (including phenoxy) is 1. The molecular weight excluding hydrogens is 300 g/mol. The van der Waals surface area contributed by atoms with Crippen molar-refractivity contribution in [3.05, 3.63) is 53.3 Å². The minimum atomic E-state index is -0.199. The van der Waals surface area contributed by atoms with Crippen LogP contribution in [0.3, 0.4) is 0 Å². The maximum absolute atomic E-state index is 5.71. The van der Waals surface area contributed by atoms with Gasteiger partial charge in [0.2, 0.25) is 11.0 Å². The van der Waals surface area contributed by atoms with Crippen molar-refractivity contribution >= 4 is 22.3 Å². The number of hydrogen-bond donors (Lipinski definition) is 2. The molecule has 0 spiro atoms. The maximum atomic E-state index is 5.71. The summed E-state index contributed by atoms with van der Waals surface area (Å²) >= 11 is 1.34. The number of nitrogen functional groups attached to an aromatic ring is 1. The van der Waals surface area contributed by atoms with Crippen LogP contribution in [0.2, 0.25) is 0 Å². The third-order valence-corrected chi connectivity index (χ3v) is 3.80. The maximum Gasteiger partial charge on any atom is 0.218 e. The van der Waals surface area contributed by atoms with Gasteiger partial charge in [0.05, 0.1) is 7.11 Å². The van der Waals surface area contributed by atoms with E-state index in [2.05, 4.69) is 25.5 Å². The van der Waals surface area contributed by atoms with Gasteiger partial charge in [-0.15, -0.1) is 10.2 Å². The Labute approximate surface area is 131 Å². The van der Waals surface area contributed by atoms with Crippen molar-refractivity contribution in [2.24, 2.45) is 0 Å². The third kappa shape index (κ3) is 3.12. The Kier molecular flexibility index (Phi) is 4.10. The number of methoxy groups -OCH3 is 1. The van der Waals surface area contributed by atoms with E-state index in [4.69, 9.17) is 10.5 Å². The normalized spacial score (nSPS) is 11.9. The fourth-order valence-electron chi connectivity index (χ4n) is 1.97. The molecule has 7 nitrogen and oxygen atoms in total. The number of hydrogen-bond acceptors (Lipinski definition) is 8. The molecule has 112 valence electrons. The van der Waals surface area contributed by atoms with E-state index >= 15 is 0 Å². The van der Waals surface area contributed by atoms with E-state index in [1.54, 1.807) is 13.2 Å². The third-order valence-electron chi connectivity index (χ3n) is 2.98. The van der Waals surface area contributed by atoms with Gasteiger partial charge in [0.25, 0.3) is 0 Å². The Morgan fingerprint density at radius 1 is 1.18 bits per heavy atom. The van der Waals surface area contributed by atoms with Crippen LogP contribution in [0.1, 0.15) is 16.6 Å². The van der Waals surface area contributed by atoms with E-state index in [0.29, 0.717) is 16.8 Å². The van der Waals surface area contributed by atoms with Gasteiger partial charge in [-0.05, 0) is 5.56 Å². The molecule has 3 N–H and O–H groups in total. The highest BCUT2D eigenvalue weighted by Gasteiger charge is 2.19. The molecule has 0 bridgehead atoms. The standard InChI is InChI=1S/C14H14N6OS/c1-21-11-7-10(16-8-17-11)18-12(9-5-3-2-4-6-9)13-19-20-14(15)22-13/h2-8,12H,1H3,(H2,15,20)(H,16,17,18). The Morgan fingerprint density at radius 2 is 2.00 bits per heavy atom. The summed E-state index contributed by atoms with van der Waals surface area (Å²) in [5.41, 5.74) is 6.74. The van der Waals surface area contributed by atoms with Gasteiger partial charge in [-0.3, -0.25) is 0 Å². The topological polar surface area (TPSA) is 98.8 Å². The van der Waals surface area contributed by atoms with Gasteiger partial charge in [-0.1, -0.05) is 41.7 Å². The zero-order valence-electron chi connectivity index (χ0n) is 11.8. The van der Waals surface area contributed by atoms with E-state index < -0.39 is 0 Å². The highest BCUT2D eigenvalue weighted by Crippen LogP contribution is 2.29. The number of benzene rings is 1. The van der Waals surface area contributed by atoms with Crippen LogP contribution in [-0.2, 0) is 0 Å². The molecule has 1 atom stereocenters. The zero-order valence-corrected chi connectivity index (χ0v) is 12.6. The molecule has 1 unspecified atom stereocenters. The Hall–Kier alpha value is -2.74. The van der Waals surface area contributed by atoms with Crippen LogP contribution in [0.25, 0.3) is 0 Å². The smallest absolute Gasteiger partial charge is 0.218 e. The highest BCUT2D eigenvalue weighted by molar-refractivity contribution is 7.15. The summed E-state index contributed by atoms with van der Waals surface area (Å²) in [6.07, 6.45) is 1.44. The van der Waals surface area contributed by atoms with Crippen LogP contribution < -0.4 is 15.8 Å². The van der Waals surface area contributed by atoms with E-state index in [1.165, 1.54) is 17.7 Å². The summed E-state index contributed by atoms with van der Waals surface area (Å²) in [5.74, 6) is 1.12. The summed E-state index contributed by atoms with van der Waals surface area (Å²) in [5, 5.41) is 12.5. The highest BCUT2D eigenvalue weighted by atomic mass is 32.1. The van der Waals surface area contributed by atoms with Crippen LogP contribution in [0.4, 0.5) is 10.9 Å². The molecule has 3 aromatic rings. The first-order valence-electron chi connectivity index (χ1n) is 6.52. The van der Waals surface area contributed by atoms with Crippen molar-refractivity contribution in [1.29, 1.82) is 0 Å². The Bertz CT molecular complexity index is 748. The van der Waals surface area contributed by atoms with Crippen molar-refractivity contribution < 1.29 is 4.74 Å². The van der Waals surface area contributed by atoms with Crippen molar-refractivity contribution in [2.75, 3.05) is 18.2 Å². The van der Waals surface area contributed by atoms with E-state index in [1.807, 2.05) is 30.3 Å². The molecule has 0 aliphatic heterocycles. The van der Waals surface area contributed by atoms with Gasteiger partial charge < -0.3 is 15.8 Å². The molecule has 2 heterocycles. The number of nitrogens with one attached hydrogen (secondary N) is 1. The molecule has 0 saturated carbocycles. The van der Waals surface area contributed by atoms with Gasteiger partial charge in [0.15, 0.2) is 0 Å². The van der Waals surface area contributed by atoms with Crippen LogP contribution in [0.15, 0.2) is 42.7 Å². The summed E-state index contributed by atoms with van der Waals surface area (Å²) < 4.78 is 5.12. The van der Waals surface area contributed by atoms with Gasteiger partial charge >= 0.3 is 0 Å². The van der Waals surface area contributed by atoms with Gasteiger partial charge in [0.1, 0.15) is 23.2 Å². The fraction of sp³-hybridized carbons (Fsp3) is 0.143. The first-order valence-corrected chi connectivity index (χ1v) is 7.34. The number of anilines is 2. The van der Waals surface area contributed by atoms with Crippen molar-refractivity contribution in [2.45, 2.75) is 6.04 Å². The van der Waals surface area contributed by atoms with E-state index in [9.17, 15) is 0 Å². The van der Waals surface area contributed by atoms with Crippen LogP contribution in [0, 0.1) is 0 Å². The Balaban J connectivity index is 1.95. The summed E-state index contributed by atoms with van der Waals surface area (Å²) in [4.78, 5) is 8.20. The molecule has 1 aromatic carbocycles. The molecule has 2 aromatic heterocycles. The van der Waals surface area contributed by atoms with Crippen molar-refractivity contribution in [1.82, 2.24) is 20.2 Å². The average molecular weight is 314 g/mol. The summed E-state index contributed by atoms with van der Waals surface area (Å²) in [6.45, 7) is 0. The second-order valence-corrected chi connectivity index (χ2v) is 5.45. The van der Waals surface area contributed by atoms with Crippen LogP contribution in [-0.4, -0.2) is 27.3 Å². The lowest BCUT2D eigenvalue weighted by Crippen LogP contribution is -2.13. The summed E-state index contributed by atoms with van der Waals surface area (Å²) in [7, 11) is 1.56. The van der Waals surface area contributed by atoms with Crippen molar-refractivity contribution in [3.63, 3.8) is 0 Å². The monoisotopic (exact) mass is 314 g/mol. The predicted octanol–water partition coefficient (Wildman–Crippen LogP) is 2.12. The molecule has 0 fully saturated rings. The minimum Gasteiger partial charge on any atom is -0.481 e. The van der Waals surface area contributed by atoms with Crippen LogP contribution >= 0.6 is 11.3 Å². The predicted molar refractivity (Wildman–Crippen MR) is 84.8 cm³/mol. The SMILES string of the molecule is COc1cc(NC(c2ccccc2)c2nnc(N)s2)ncn1. The number of nitrogens with two attached hydrogens (primary N) is 1. The summed E-state index contributed by atoms with van der Waals surface area (Å²) in [6, 6.07) is 11.4.